The molecule has 0 aromatic heterocycles. The van der Waals surface area contributed by atoms with Gasteiger partial charge in [0, 0.05) is 23.8 Å². The molecule has 0 saturated carbocycles. The summed E-state index contributed by atoms with van der Waals surface area (Å²) in [6, 6.07) is 8.08. The van der Waals surface area contributed by atoms with Gasteiger partial charge in [-0.3, -0.25) is 0 Å². The maximum atomic E-state index is 6.25. The van der Waals surface area contributed by atoms with Crippen LogP contribution in [-0.4, -0.2) is 36.7 Å². The van der Waals surface area contributed by atoms with E-state index >= 15 is 0 Å². The van der Waals surface area contributed by atoms with Gasteiger partial charge in [0.25, 0.3) is 0 Å². The molecule has 2 aliphatic heterocycles. The smallest absolute Gasteiger partial charge is 0.138 e. The van der Waals surface area contributed by atoms with E-state index in [0.717, 1.165) is 23.5 Å². The molecule has 2 unspecified atom stereocenters. The van der Waals surface area contributed by atoms with Crippen LogP contribution in [0.2, 0.25) is 5.02 Å². The minimum Gasteiger partial charge on any atom is -0.492 e. The first-order chi connectivity index (χ1) is 9.67. The fraction of sp³-hybridized carbons (Fsp3) is 0.625. The molecule has 110 valence electrons. The lowest BCUT2D eigenvalue weighted by molar-refractivity contribution is 0.169. The lowest BCUT2D eigenvalue weighted by Crippen LogP contribution is -2.44. The highest BCUT2D eigenvalue weighted by Crippen LogP contribution is 2.36. The highest BCUT2D eigenvalue weighted by atomic mass is 35.5. The number of rotatable bonds is 4. The number of hydrogen-bond donors (Lipinski definition) is 1. The van der Waals surface area contributed by atoms with Crippen molar-refractivity contribution in [1.82, 2.24) is 4.90 Å². The average molecular weight is 295 g/mol. The quantitative estimate of drug-likeness (QED) is 0.915. The third-order valence-corrected chi connectivity index (χ3v) is 5.00. The van der Waals surface area contributed by atoms with Gasteiger partial charge < -0.3 is 15.0 Å². The average Bonchev–Trinajstić information content (AvgIpc) is 2.64. The van der Waals surface area contributed by atoms with Crippen molar-refractivity contribution in [1.29, 1.82) is 0 Å². The standard InChI is InChI=1S/C16H23ClN2O/c1-3-20-16-7-4-11(10-15(16)17)18-12-8-13-5-6-14(9-12)19(13)2/h4,7,10,12-14,18H,3,5-6,8-9H2,1-2H3. The summed E-state index contributed by atoms with van der Waals surface area (Å²) in [5.74, 6) is 0.767. The number of benzene rings is 1. The van der Waals surface area contributed by atoms with E-state index in [-0.39, 0.29) is 0 Å². The lowest BCUT2D eigenvalue weighted by atomic mass is 9.98. The first-order valence-corrected chi connectivity index (χ1v) is 7.96. The van der Waals surface area contributed by atoms with Crippen LogP contribution < -0.4 is 10.1 Å². The van der Waals surface area contributed by atoms with Gasteiger partial charge in [0.05, 0.1) is 11.6 Å². The predicted molar refractivity (Wildman–Crippen MR) is 83.8 cm³/mol. The molecule has 1 aromatic rings. The Hall–Kier alpha value is -0.930. The van der Waals surface area contributed by atoms with Crippen molar-refractivity contribution in [2.75, 3.05) is 19.0 Å². The summed E-state index contributed by atoms with van der Waals surface area (Å²) in [5.41, 5.74) is 1.10. The van der Waals surface area contributed by atoms with E-state index < -0.39 is 0 Å². The minimum absolute atomic E-state index is 0.567. The number of ether oxygens (including phenoxy) is 1. The molecule has 4 heteroatoms. The summed E-state index contributed by atoms with van der Waals surface area (Å²) in [6.45, 7) is 2.61. The number of fused-ring (bicyclic) bond motifs is 2. The van der Waals surface area contributed by atoms with Gasteiger partial charge >= 0.3 is 0 Å². The number of halogens is 1. The Labute approximate surface area is 126 Å². The first-order valence-electron chi connectivity index (χ1n) is 7.58. The van der Waals surface area contributed by atoms with E-state index in [0.29, 0.717) is 17.7 Å². The van der Waals surface area contributed by atoms with Crippen LogP contribution >= 0.6 is 11.6 Å². The number of nitrogens with zero attached hydrogens (tertiary/aromatic N) is 1. The van der Waals surface area contributed by atoms with Gasteiger partial charge in [0.2, 0.25) is 0 Å². The van der Waals surface area contributed by atoms with Crippen molar-refractivity contribution in [3.8, 4) is 5.75 Å². The Morgan fingerprint density at radius 1 is 1.30 bits per heavy atom. The molecule has 1 aromatic carbocycles. The van der Waals surface area contributed by atoms with Crippen molar-refractivity contribution < 1.29 is 4.74 Å². The van der Waals surface area contributed by atoms with Crippen LogP contribution in [0.25, 0.3) is 0 Å². The van der Waals surface area contributed by atoms with Crippen LogP contribution in [0, 0.1) is 0 Å². The summed E-state index contributed by atoms with van der Waals surface area (Å²) >= 11 is 6.25. The molecule has 20 heavy (non-hydrogen) atoms. The largest absolute Gasteiger partial charge is 0.492 e. The SMILES string of the molecule is CCOc1ccc(NC2CC3CCC(C2)N3C)cc1Cl. The molecule has 2 bridgehead atoms. The molecule has 3 rings (SSSR count). The second-order valence-corrected chi connectivity index (χ2v) is 6.35. The Kier molecular flexibility index (Phi) is 4.08. The van der Waals surface area contributed by atoms with Crippen LogP contribution in [0.4, 0.5) is 5.69 Å². The summed E-state index contributed by atoms with van der Waals surface area (Å²) in [4.78, 5) is 2.56. The molecule has 3 nitrogen and oxygen atoms in total. The highest BCUT2D eigenvalue weighted by molar-refractivity contribution is 6.32. The maximum absolute atomic E-state index is 6.25. The summed E-state index contributed by atoms with van der Waals surface area (Å²) in [6.07, 6.45) is 5.17. The molecular weight excluding hydrogens is 272 g/mol. The summed E-state index contributed by atoms with van der Waals surface area (Å²) < 4.78 is 5.47. The Morgan fingerprint density at radius 2 is 2.00 bits per heavy atom. The monoisotopic (exact) mass is 294 g/mol. The number of nitrogens with one attached hydrogen (secondary N) is 1. The van der Waals surface area contributed by atoms with Gasteiger partial charge in [0.15, 0.2) is 0 Å². The predicted octanol–water partition coefficient (Wildman–Crippen LogP) is 3.78. The molecule has 0 radical (unpaired) electrons. The molecular formula is C16H23ClN2O. The Morgan fingerprint density at radius 3 is 2.60 bits per heavy atom. The number of hydrogen-bond acceptors (Lipinski definition) is 3. The van der Waals surface area contributed by atoms with E-state index in [1.807, 2.05) is 19.1 Å². The van der Waals surface area contributed by atoms with Gasteiger partial charge in [-0.2, -0.15) is 0 Å². The van der Waals surface area contributed by atoms with Crippen molar-refractivity contribution >= 4 is 17.3 Å². The van der Waals surface area contributed by atoms with Crippen molar-refractivity contribution in [2.24, 2.45) is 0 Å². The van der Waals surface area contributed by atoms with Crippen molar-refractivity contribution in [2.45, 2.75) is 50.7 Å². The first kappa shape index (κ1) is 14.0. The van der Waals surface area contributed by atoms with Crippen molar-refractivity contribution in [3.63, 3.8) is 0 Å². The molecule has 0 aliphatic carbocycles. The lowest BCUT2D eigenvalue weighted by Gasteiger charge is -2.37. The molecule has 1 N–H and O–H groups in total. The molecule has 2 heterocycles. The Bertz CT molecular complexity index is 466. The molecule has 2 saturated heterocycles. The summed E-state index contributed by atoms with van der Waals surface area (Å²) in [5, 5.41) is 4.33. The normalized spacial score (nSPS) is 29.4. The van der Waals surface area contributed by atoms with Gasteiger partial charge in [0.1, 0.15) is 5.75 Å². The second kappa shape index (κ2) is 5.82. The van der Waals surface area contributed by atoms with E-state index in [4.69, 9.17) is 16.3 Å². The van der Waals surface area contributed by atoms with Crippen LogP contribution in [0.15, 0.2) is 18.2 Å². The topological polar surface area (TPSA) is 24.5 Å². The number of anilines is 1. The third-order valence-electron chi connectivity index (χ3n) is 4.70. The molecule has 2 atom stereocenters. The highest BCUT2D eigenvalue weighted by Gasteiger charge is 2.38. The fourth-order valence-corrected chi connectivity index (χ4v) is 3.86. The van der Waals surface area contributed by atoms with Gasteiger partial charge in [-0.15, -0.1) is 0 Å². The zero-order valence-corrected chi connectivity index (χ0v) is 13.0. The van der Waals surface area contributed by atoms with Crippen LogP contribution in [0.3, 0.4) is 0 Å². The van der Waals surface area contributed by atoms with Gasteiger partial charge in [-0.05, 0) is 57.9 Å². The van der Waals surface area contributed by atoms with E-state index in [1.165, 1.54) is 25.7 Å². The molecule has 0 amide bonds. The van der Waals surface area contributed by atoms with E-state index in [1.54, 1.807) is 0 Å². The maximum Gasteiger partial charge on any atom is 0.138 e. The van der Waals surface area contributed by atoms with E-state index in [9.17, 15) is 0 Å². The van der Waals surface area contributed by atoms with Crippen LogP contribution in [0.1, 0.15) is 32.6 Å². The molecule has 0 spiro atoms. The Balaban J connectivity index is 1.65. The fourth-order valence-electron chi connectivity index (χ4n) is 3.63. The second-order valence-electron chi connectivity index (χ2n) is 5.94. The van der Waals surface area contributed by atoms with E-state index in [2.05, 4.69) is 23.3 Å². The van der Waals surface area contributed by atoms with Crippen molar-refractivity contribution in [3.05, 3.63) is 23.2 Å². The van der Waals surface area contributed by atoms with Gasteiger partial charge in [-0.25, -0.2) is 0 Å². The van der Waals surface area contributed by atoms with Crippen LogP contribution in [0.5, 0.6) is 5.75 Å². The minimum atomic E-state index is 0.567. The summed E-state index contributed by atoms with van der Waals surface area (Å²) in [7, 11) is 2.27. The van der Waals surface area contributed by atoms with Crippen LogP contribution in [-0.2, 0) is 0 Å². The zero-order valence-electron chi connectivity index (χ0n) is 12.2. The molecule has 2 fully saturated rings. The van der Waals surface area contributed by atoms with Gasteiger partial charge in [-0.1, -0.05) is 11.6 Å². The third kappa shape index (κ3) is 2.75. The number of piperidine rings is 1. The zero-order chi connectivity index (χ0) is 14.1. The molecule has 2 aliphatic rings.